The Balaban J connectivity index is 1.74. The molecule has 0 aliphatic carbocycles. The molecule has 0 spiro atoms. The number of fused-ring (bicyclic) bond motifs is 1. The van der Waals surface area contributed by atoms with Gasteiger partial charge < -0.3 is 20.3 Å². The van der Waals surface area contributed by atoms with Crippen LogP contribution < -0.4 is 15.5 Å². The summed E-state index contributed by atoms with van der Waals surface area (Å²) >= 11 is 0. The van der Waals surface area contributed by atoms with Gasteiger partial charge in [0.2, 0.25) is 11.9 Å². The molecule has 4 heterocycles. The standard InChI is InChI=1S/C16H21N7O/c1-3-22(4-2)16-20-11(10-6-18-15(17)19-7-10)5-14(21-16)23-8-13-12(23)9-24-13/h5-7,12-13H,3-4,8-9H2,1-2H3,(H2,17,18,19)/t12-,13?/m1/s1. The van der Waals surface area contributed by atoms with Crippen molar-refractivity contribution in [1.29, 1.82) is 0 Å². The molecule has 4 rings (SSSR count). The molecule has 8 nitrogen and oxygen atoms in total. The zero-order valence-corrected chi connectivity index (χ0v) is 13.9. The average Bonchev–Trinajstić information content (AvgIpc) is 2.59. The number of nitrogens with two attached hydrogens (primary N) is 1. The molecule has 2 aromatic rings. The van der Waals surface area contributed by atoms with Gasteiger partial charge in [-0.1, -0.05) is 0 Å². The fourth-order valence-corrected chi connectivity index (χ4v) is 3.07. The third-order valence-corrected chi connectivity index (χ3v) is 4.70. The molecule has 0 radical (unpaired) electrons. The van der Waals surface area contributed by atoms with Crippen LogP contribution in [0.2, 0.25) is 0 Å². The minimum absolute atomic E-state index is 0.259. The van der Waals surface area contributed by atoms with Gasteiger partial charge in [-0.05, 0) is 13.8 Å². The Bertz CT molecular complexity index is 732. The van der Waals surface area contributed by atoms with Gasteiger partial charge in [0.25, 0.3) is 0 Å². The molecule has 1 unspecified atom stereocenters. The molecule has 24 heavy (non-hydrogen) atoms. The smallest absolute Gasteiger partial charge is 0.227 e. The summed E-state index contributed by atoms with van der Waals surface area (Å²) < 4.78 is 5.50. The lowest BCUT2D eigenvalue weighted by molar-refractivity contribution is -0.113. The summed E-state index contributed by atoms with van der Waals surface area (Å²) in [6.45, 7) is 7.57. The van der Waals surface area contributed by atoms with Crippen LogP contribution in [0.15, 0.2) is 18.5 Å². The molecular weight excluding hydrogens is 306 g/mol. The third kappa shape index (κ3) is 2.43. The molecule has 2 fully saturated rings. The highest BCUT2D eigenvalue weighted by Crippen LogP contribution is 2.35. The number of nitrogens with zero attached hydrogens (tertiary/aromatic N) is 6. The lowest BCUT2D eigenvalue weighted by atomic mass is 9.95. The molecule has 126 valence electrons. The topological polar surface area (TPSA) is 93.3 Å². The molecule has 2 aliphatic rings. The number of hydrogen-bond donors (Lipinski definition) is 1. The van der Waals surface area contributed by atoms with E-state index in [2.05, 4.69) is 33.6 Å². The quantitative estimate of drug-likeness (QED) is 0.867. The molecule has 0 saturated carbocycles. The first kappa shape index (κ1) is 15.1. The summed E-state index contributed by atoms with van der Waals surface area (Å²) in [5.74, 6) is 1.92. The number of nitrogen functional groups attached to an aromatic ring is 1. The summed E-state index contributed by atoms with van der Waals surface area (Å²) in [5, 5.41) is 0. The molecule has 2 saturated heterocycles. The second-order valence-corrected chi connectivity index (χ2v) is 6.01. The Kier molecular flexibility index (Phi) is 3.68. The van der Waals surface area contributed by atoms with Crippen LogP contribution in [-0.2, 0) is 4.74 Å². The van der Waals surface area contributed by atoms with Crippen molar-refractivity contribution >= 4 is 17.7 Å². The van der Waals surface area contributed by atoms with E-state index in [9.17, 15) is 0 Å². The highest BCUT2D eigenvalue weighted by atomic mass is 16.5. The fourth-order valence-electron chi connectivity index (χ4n) is 3.07. The minimum Gasteiger partial charge on any atom is -0.372 e. The maximum absolute atomic E-state index is 5.59. The van der Waals surface area contributed by atoms with Crippen molar-refractivity contribution in [2.45, 2.75) is 26.0 Å². The first-order valence-corrected chi connectivity index (χ1v) is 8.29. The maximum atomic E-state index is 5.59. The third-order valence-electron chi connectivity index (χ3n) is 4.70. The van der Waals surface area contributed by atoms with E-state index in [1.54, 1.807) is 12.4 Å². The predicted octanol–water partition coefficient (Wildman–Crippen LogP) is 0.949. The van der Waals surface area contributed by atoms with Gasteiger partial charge >= 0.3 is 0 Å². The Morgan fingerprint density at radius 2 is 2.00 bits per heavy atom. The summed E-state index contributed by atoms with van der Waals surface area (Å²) in [6, 6.07) is 2.44. The van der Waals surface area contributed by atoms with Crippen molar-refractivity contribution in [3.63, 3.8) is 0 Å². The van der Waals surface area contributed by atoms with Crippen LogP contribution in [0.1, 0.15) is 13.8 Å². The van der Waals surface area contributed by atoms with Gasteiger partial charge in [-0.15, -0.1) is 0 Å². The second-order valence-electron chi connectivity index (χ2n) is 6.01. The van der Waals surface area contributed by atoms with Crippen molar-refractivity contribution < 1.29 is 4.74 Å². The molecule has 0 bridgehead atoms. The van der Waals surface area contributed by atoms with Crippen LogP contribution in [0.5, 0.6) is 0 Å². The summed E-state index contributed by atoms with van der Waals surface area (Å²) in [4.78, 5) is 22.1. The van der Waals surface area contributed by atoms with Gasteiger partial charge in [0, 0.05) is 43.7 Å². The number of rotatable bonds is 5. The normalized spacial score (nSPS) is 21.7. The summed E-state index contributed by atoms with van der Waals surface area (Å²) in [5.41, 5.74) is 7.24. The molecule has 2 aromatic heterocycles. The van der Waals surface area contributed by atoms with Crippen LogP contribution in [0.4, 0.5) is 17.7 Å². The van der Waals surface area contributed by atoms with Gasteiger partial charge in [0.05, 0.1) is 24.4 Å². The van der Waals surface area contributed by atoms with E-state index in [-0.39, 0.29) is 5.95 Å². The van der Waals surface area contributed by atoms with Crippen LogP contribution in [0.25, 0.3) is 11.3 Å². The highest BCUT2D eigenvalue weighted by Gasteiger charge is 2.48. The van der Waals surface area contributed by atoms with Gasteiger partial charge in [-0.3, -0.25) is 0 Å². The average molecular weight is 327 g/mol. The van der Waals surface area contributed by atoms with E-state index in [0.29, 0.717) is 12.1 Å². The van der Waals surface area contributed by atoms with Crippen molar-refractivity contribution in [3.05, 3.63) is 18.5 Å². The number of aromatic nitrogens is 4. The Labute approximate surface area is 140 Å². The van der Waals surface area contributed by atoms with Gasteiger partial charge in [0.1, 0.15) is 5.82 Å². The Morgan fingerprint density at radius 1 is 1.25 bits per heavy atom. The van der Waals surface area contributed by atoms with Gasteiger partial charge in [0.15, 0.2) is 0 Å². The van der Waals surface area contributed by atoms with Crippen LogP contribution in [0.3, 0.4) is 0 Å². The van der Waals surface area contributed by atoms with E-state index in [1.807, 2.05) is 6.07 Å². The molecule has 0 amide bonds. The van der Waals surface area contributed by atoms with Crippen molar-refractivity contribution in [2.24, 2.45) is 0 Å². The number of ether oxygens (including phenoxy) is 1. The monoisotopic (exact) mass is 327 g/mol. The lowest BCUT2D eigenvalue weighted by Crippen LogP contribution is -2.71. The van der Waals surface area contributed by atoms with Crippen molar-refractivity contribution in [3.8, 4) is 11.3 Å². The highest BCUT2D eigenvalue weighted by molar-refractivity contribution is 5.65. The summed E-state index contributed by atoms with van der Waals surface area (Å²) in [7, 11) is 0. The molecule has 2 aliphatic heterocycles. The SMILES string of the molecule is CCN(CC)c1nc(-c2cnc(N)nc2)cc(N2CC3OC[C@H]32)n1. The second kappa shape index (κ2) is 5.86. The van der Waals surface area contributed by atoms with E-state index in [1.165, 1.54) is 0 Å². The van der Waals surface area contributed by atoms with Gasteiger partial charge in [-0.2, -0.15) is 4.98 Å². The molecule has 2 N–H and O–H groups in total. The summed E-state index contributed by atoms with van der Waals surface area (Å²) in [6.07, 6.45) is 3.76. The van der Waals surface area contributed by atoms with E-state index in [0.717, 1.165) is 49.3 Å². The van der Waals surface area contributed by atoms with Crippen molar-refractivity contribution in [1.82, 2.24) is 19.9 Å². The zero-order chi connectivity index (χ0) is 16.7. The molecule has 8 heteroatoms. The van der Waals surface area contributed by atoms with Crippen molar-refractivity contribution in [2.75, 3.05) is 41.8 Å². The molecular formula is C16H21N7O. The van der Waals surface area contributed by atoms with E-state index >= 15 is 0 Å². The van der Waals surface area contributed by atoms with Crippen LogP contribution >= 0.6 is 0 Å². The number of morpholine rings is 1. The number of anilines is 3. The lowest BCUT2D eigenvalue weighted by Gasteiger charge is -2.55. The van der Waals surface area contributed by atoms with Gasteiger partial charge in [-0.25, -0.2) is 15.0 Å². The fraction of sp³-hybridized carbons (Fsp3) is 0.500. The zero-order valence-electron chi connectivity index (χ0n) is 13.9. The maximum Gasteiger partial charge on any atom is 0.227 e. The minimum atomic E-state index is 0.259. The first-order valence-electron chi connectivity index (χ1n) is 8.29. The number of hydrogen-bond acceptors (Lipinski definition) is 8. The van der Waals surface area contributed by atoms with E-state index in [4.69, 9.17) is 20.4 Å². The molecule has 0 aromatic carbocycles. The predicted molar refractivity (Wildman–Crippen MR) is 91.9 cm³/mol. The largest absolute Gasteiger partial charge is 0.372 e. The first-order chi connectivity index (χ1) is 11.7. The van der Waals surface area contributed by atoms with E-state index < -0.39 is 0 Å². The Hall–Kier alpha value is -2.48. The Morgan fingerprint density at radius 3 is 2.54 bits per heavy atom. The van der Waals surface area contributed by atoms with Crippen LogP contribution in [0, 0.1) is 0 Å². The molecule has 2 atom stereocenters. The van der Waals surface area contributed by atoms with Crippen LogP contribution in [-0.4, -0.2) is 58.3 Å².